The van der Waals surface area contributed by atoms with Gasteiger partial charge in [0, 0.05) is 12.4 Å². The van der Waals surface area contributed by atoms with Gasteiger partial charge in [0.05, 0.1) is 16.4 Å². The Bertz CT molecular complexity index is 392. The first-order chi connectivity index (χ1) is 5.79. The van der Waals surface area contributed by atoms with Gasteiger partial charge in [-0.05, 0) is 25.1 Å². The lowest BCUT2D eigenvalue weighted by Crippen LogP contribution is -1.95. The summed E-state index contributed by atoms with van der Waals surface area (Å²) in [7, 11) is 0. The van der Waals surface area contributed by atoms with Crippen molar-refractivity contribution in [3.05, 3.63) is 30.6 Å². The van der Waals surface area contributed by atoms with Crippen molar-refractivity contribution in [1.29, 1.82) is 0 Å². The highest BCUT2D eigenvalue weighted by Crippen LogP contribution is 2.19. The molecule has 0 aromatic carbocycles. The van der Waals surface area contributed by atoms with Gasteiger partial charge in [0.1, 0.15) is 0 Å². The molecule has 0 spiro atoms. The van der Waals surface area contributed by atoms with Crippen LogP contribution in [0.2, 0.25) is 0 Å². The molecule has 2 heterocycles. The minimum absolute atomic E-state index is 0.201. The van der Waals surface area contributed by atoms with Crippen molar-refractivity contribution in [2.24, 2.45) is 0 Å². The molecule has 0 radical (unpaired) electrons. The number of pyridine rings is 1. The number of aromatic nitrogens is 2. The zero-order valence-electron chi connectivity index (χ0n) is 6.81. The predicted octanol–water partition coefficient (Wildman–Crippen LogP) is 2.48. The first-order valence-electron chi connectivity index (χ1n) is 3.88. The molecule has 2 nitrogen and oxygen atoms in total. The maximum atomic E-state index is 4.36. The van der Waals surface area contributed by atoms with Gasteiger partial charge in [0.25, 0.3) is 0 Å². The molecule has 2 aromatic rings. The summed E-state index contributed by atoms with van der Waals surface area (Å²) in [4.78, 5) is 4.23. The Labute approximate surface area is 76.6 Å². The highest BCUT2D eigenvalue weighted by molar-refractivity contribution is 7.80. The van der Waals surface area contributed by atoms with Gasteiger partial charge >= 0.3 is 0 Å². The number of thiol groups is 1. The molecule has 2 aromatic heterocycles. The zero-order valence-corrected chi connectivity index (χ0v) is 7.70. The van der Waals surface area contributed by atoms with Gasteiger partial charge in [0.2, 0.25) is 0 Å². The summed E-state index contributed by atoms with van der Waals surface area (Å²) in [5.74, 6) is 0. The quantitative estimate of drug-likeness (QED) is 0.664. The molecule has 0 saturated carbocycles. The molecule has 62 valence electrons. The molecule has 0 saturated heterocycles. The lowest BCUT2D eigenvalue weighted by molar-refractivity contribution is 0.778. The van der Waals surface area contributed by atoms with Crippen LogP contribution in [0.3, 0.4) is 0 Å². The molecule has 1 atom stereocenters. The minimum Gasteiger partial charge on any atom is -0.334 e. The van der Waals surface area contributed by atoms with Crippen molar-refractivity contribution in [3.63, 3.8) is 0 Å². The maximum absolute atomic E-state index is 4.36. The highest BCUT2D eigenvalue weighted by atomic mass is 32.1. The maximum Gasteiger partial charge on any atom is 0.0881 e. The molecule has 0 fully saturated rings. The van der Waals surface area contributed by atoms with Crippen LogP contribution in [0, 0.1) is 0 Å². The van der Waals surface area contributed by atoms with E-state index in [-0.39, 0.29) is 5.37 Å². The zero-order chi connectivity index (χ0) is 8.55. The summed E-state index contributed by atoms with van der Waals surface area (Å²) >= 11 is 4.36. The third-order valence-corrected chi connectivity index (χ3v) is 2.14. The summed E-state index contributed by atoms with van der Waals surface area (Å²) < 4.78 is 2.09. The molecule has 12 heavy (non-hydrogen) atoms. The standard InChI is InChI=1S/C9H10N2S/c1-7(12)11-6-4-8-9(11)3-2-5-10-8/h2-7,12H,1H3. The van der Waals surface area contributed by atoms with Gasteiger partial charge in [-0.2, -0.15) is 12.6 Å². The van der Waals surface area contributed by atoms with E-state index in [4.69, 9.17) is 0 Å². The lowest BCUT2D eigenvalue weighted by atomic mass is 10.4. The van der Waals surface area contributed by atoms with E-state index in [1.54, 1.807) is 6.20 Å². The van der Waals surface area contributed by atoms with Crippen LogP contribution >= 0.6 is 12.6 Å². The van der Waals surface area contributed by atoms with Crippen LogP contribution in [0.5, 0.6) is 0 Å². The average molecular weight is 178 g/mol. The third-order valence-electron chi connectivity index (χ3n) is 1.89. The van der Waals surface area contributed by atoms with Crippen LogP contribution in [0.15, 0.2) is 30.6 Å². The van der Waals surface area contributed by atoms with Crippen molar-refractivity contribution in [2.45, 2.75) is 12.3 Å². The summed E-state index contributed by atoms with van der Waals surface area (Å²) in [6, 6.07) is 5.99. The second-order valence-electron chi connectivity index (χ2n) is 2.76. The van der Waals surface area contributed by atoms with Crippen molar-refractivity contribution < 1.29 is 0 Å². The van der Waals surface area contributed by atoms with Crippen molar-refractivity contribution >= 4 is 23.7 Å². The summed E-state index contributed by atoms with van der Waals surface area (Å²) in [5, 5.41) is 0.201. The molecule has 0 amide bonds. The molecule has 3 heteroatoms. The van der Waals surface area contributed by atoms with Crippen LogP contribution in [0.4, 0.5) is 0 Å². The predicted molar refractivity (Wildman–Crippen MR) is 53.4 cm³/mol. The largest absolute Gasteiger partial charge is 0.334 e. The van der Waals surface area contributed by atoms with Gasteiger partial charge in [-0.3, -0.25) is 4.98 Å². The Morgan fingerprint density at radius 3 is 3.08 bits per heavy atom. The van der Waals surface area contributed by atoms with Crippen molar-refractivity contribution in [1.82, 2.24) is 9.55 Å². The van der Waals surface area contributed by atoms with E-state index < -0.39 is 0 Å². The number of hydrogen-bond acceptors (Lipinski definition) is 2. The molecule has 2 rings (SSSR count). The van der Waals surface area contributed by atoms with Crippen LogP contribution < -0.4 is 0 Å². The van der Waals surface area contributed by atoms with Crippen LogP contribution in [0.25, 0.3) is 11.0 Å². The second kappa shape index (κ2) is 2.83. The van der Waals surface area contributed by atoms with E-state index >= 15 is 0 Å². The SMILES string of the molecule is CC(S)n1ccc2ncccc21. The fraction of sp³-hybridized carbons (Fsp3) is 0.222. The van der Waals surface area contributed by atoms with Gasteiger partial charge in [0.15, 0.2) is 0 Å². The first-order valence-corrected chi connectivity index (χ1v) is 4.40. The average Bonchev–Trinajstić information content (AvgIpc) is 2.47. The van der Waals surface area contributed by atoms with E-state index in [9.17, 15) is 0 Å². The molecule has 0 N–H and O–H groups in total. The molecular weight excluding hydrogens is 168 g/mol. The Morgan fingerprint density at radius 2 is 2.33 bits per heavy atom. The molecule has 0 aliphatic rings. The summed E-state index contributed by atoms with van der Waals surface area (Å²) in [6.45, 7) is 2.04. The van der Waals surface area contributed by atoms with Crippen molar-refractivity contribution in [2.75, 3.05) is 0 Å². The van der Waals surface area contributed by atoms with Crippen LogP contribution in [-0.4, -0.2) is 9.55 Å². The number of hydrogen-bond donors (Lipinski definition) is 1. The molecule has 0 aliphatic carbocycles. The topological polar surface area (TPSA) is 17.8 Å². The molecule has 1 unspecified atom stereocenters. The van der Waals surface area contributed by atoms with E-state index in [1.165, 1.54) is 0 Å². The van der Waals surface area contributed by atoms with Crippen LogP contribution in [-0.2, 0) is 0 Å². The fourth-order valence-electron chi connectivity index (χ4n) is 1.31. The van der Waals surface area contributed by atoms with E-state index in [1.807, 2.05) is 25.3 Å². The summed E-state index contributed by atoms with van der Waals surface area (Å²) in [6.07, 6.45) is 3.81. The van der Waals surface area contributed by atoms with Gasteiger partial charge in [-0.25, -0.2) is 0 Å². The van der Waals surface area contributed by atoms with E-state index in [0.29, 0.717) is 0 Å². The number of rotatable bonds is 1. The van der Waals surface area contributed by atoms with Gasteiger partial charge in [-0.15, -0.1) is 0 Å². The minimum atomic E-state index is 0.201. The van der Waals surface area contributed by atoms with Crippen LogP contribution in [0.1, 0.15) is 12.3 Å². The first kappa shape index (κ1) is 7.68. The summed E-state index contributed by atoms with van der Waals surface area (Å²) in [5.41, 5.74) is 2.17. The van der Waals surface area contributed by atoms with Gasteiger partial charge < -0.3 is 4.57 Å². The normalized spacial score (nSPS) is 13.5. The van der Waals surface area contributed by atoms with Gasteiger partial charge in [-0.1, -0.05) is 0 Å². The molecular formula is C9H10N2S. The Morgan fingerprint density at radius 1 is 1.50 bits per heavy atom. The fourth-order valence-corrected chi connectivity index (χ4v) is 1.51. The Kier molecular flexibility index (Phi) is 1.81. The van der Waals surface area contributed by atoms with E-state index in [0.717, 1.165) is 11.0 Å². The highest BCUT2D eigenvalue weighted by Gasteiger charge is 2.02. The Balaban J connectivity index is 2.70. The second-order valence-corrected chi connectivity index (χ2v) is 3.51. The number of nitrogens with zero attached hydrogens (tertiary/aromatic N) is 2. The monoisotopic (exact) mass is 178 g/mol. The molecule has 0 bridgehead atoms. The van der Waals surface area contributed by atoms with E-state index in [2.05, 4.69) is 28.2 Å². The smallest absolute Gasteiger partial charge is 0.0881 e. The van der Waals surface area contributed by atoms with Crippen molar-refractivity contribution in [3.8, 4) is 0 Å². The Hall–Kier alpha value is -0.960. The number of fused-ring (bicyclic) bond motifs is 1. The third kappa shape index (κ3) is 1.10. The molecule has 0 aliphatic heterocycles. The lowest BCUT2D eigenvalue weighted by Gasteiger charge is -2.07.